The van der Waals surface area contributed by atoms with Gasteiger partial charge in [0.15, 0.2) is 11.6 Å². The van der Waals surface area contributed by atoms with E-state index in [4.69, 9.17) is 10.5 Å². The van der Waals surface area contributed by atoms with Gasteiger partial charge in [0, 0.05) is 31.4 Å². The number of rotatable bonds is 8. The van der Waals surface area contributed by atoms with Gasteiger partial charge >= 0.3 is 12.1 Å². The molecule has 1 aliphatic carbocycles. The predicted octanol–water partition coefficient (Wildman–Crippen LogP) is 2.64. The van der Waals surface area contributed by atoms with Gasteiger partial charge in [0.25, 0.3) is 0 Å². The summed E-state index contributed by atoms with van der Waals surface area (Å²) < 4.78 is 37.2. The molecule has 42 heavy (non-hydrogen) atoms. The second-order valence-corrected chi connectivity index (χ2v) is 10.9. The molecule has 0 spiro atoms. The van der Waals surface area contributed by atoms with Gasteiger partial charge in [-0.3, -0.25) is 14.5 Å². The van der Waals surface area contributed by atoms with E-state index in [2.05, 4.69) is 10.3 Å². The normalized spacial score (nSPS) is 21.1. The van der Waals surface area contributed by atoms with Crippen LogP contribution in [-0.4, -0.2) is 70.3 Å². The fraction of sp³-hybridized carbons (Fsp3) is 0.393. The van der Waals surface area contributed by atoms with E-state index < -0.39 is 46.8 Å². The maximum atomic E-state index is 15.2. The van der Waals surface area contributed by atoms with E-state index in [1.165, 1.54) is 30.2 Å². The number of halogens is 2. The number of aromatic nitrogens is 2. The van der Waals surface area contributed by atoms with Crippen molar-refractivity contribution in [3.8, 4) is 0 Å². The molecule has 4 N–H and O–H groups in total. The lowest BCUT2D eigenvalue weighted by atomic mass is 10.1. The SMILES string of the molecule is CC(=O)C(N)[C@@H]1CN(c2ccc(N[C@@H]3CCN(c4nc5c(cc4F)c(=O)c(C(=O)O)cn5C4CC4)C3)c(F)c2)C(=O)O1. The highest BCUT2D eigenvalue weighted by Gasteiger charge is 2.38. The average molecular weight is 583 g/mol. The number of carboxylic acids is 1. The summed E-state index contributed by atoms with van der Waals surface area (Å²) in [4.78, 5) is 55.6. The molecule has 3 aromatic rings. The number of cyclic esters (lactones) is 1. The summed E-state index contributed by atoms with van der Waals surface area (Å²) >= 11 is 0. The maximum Gasteiger partial charge on any atom is 0.414 e. The highest BCUT2D eigenvalue weighted by molar-refractivity contribution is 5.93. The average Bonchev–Trinajstić information content (AvgIpc) is 3.56. The first-order valence-corrected chi connectivity index (χ1v) is 13.6. The number of carboxylic acid groups (broad SMARTS) is 1. The van der Waals surface area contributed by atoms with E-state index in [1.807, 2.05) is 0 Å². The van der Waals surface area contributed by atoms with E-state index in [1.54, 1.807) is 15.5 Å². The molecule has 2 aliphatic heterocycles. The number of fused-ring (bicyclic) bond motifs is 1. The van der Waals surface area contributed by atoms with Gasteiger partial charge in [-0.15, -0.1) is 0 Å². The van der Waals surface area contributed by atoms with Gasteiger partial charge in [-0.1, -0.05) is 0 Å². The van der Waals surface area contributed by atoms with Crippen LogP contribution in [0.15, 0.2) is 35.3 Å². The lowest BCUT2D eigenvalue weighted by Gasteiger charge is -2.21. The quantitative estimate of drug-likeness (QED) is 0.360. The van der Waals surface area contributed by atoms with Gasteiger partial charge in [-0.05, 0) is 50.5 Å². The van der Waals surface area contributed by atoms with Crippen LogP contribution in [0.1, 0.15) is 42.6 Å². The molecule has 1 amide bonds. The van der Waals surface area contributed by atoms with Crippen molar-refractivity contribution in [2.24, 2.45) is 5.73 Å². The minimum atomic E-state index is -1.38. The van der Waals surface area contributed by atoms with E-state index in [0.717, 1.165) is 18.9 Å². The number of nitrogens with zero attached hydrogens (tertiary/aromatic N) is 4. The first-order chi connectivity index (χ1) is 20.0. The van der Waals surface area contributed by atoms with Gasteiger partial charge in [-0.25, -0.2) is 23.4 Å². The Morgan fingerprint density at radius 3 is 2.57 bits per heavy atom. The summed E-state index contributed by atoms with van der Waals surface area (Å²) in [6.07, 6.45) is 1.87. The summed E-state index contributed by atoms with van der Waals surface area (Å²) in [7, 11) is 0. The Hall–Kier alpha value is -4.59. The van der Waals surface area contributed by atoms with Crippen LogP contribution in [-0.2, 0) is 9.53 Å². The number of pyridine rings is 2. The van der Waals surface area contributed by atoms with Gasteiger partial charge in [0.05, 0.1) is 23.3 Å². The Balaban J connectivity index is 1.19. The molecule has 6 rings (SSSR count). The van der Waals surface area contributed by atoms with E-state index in [-0.39, 0.29) is 52.6 Å². The Labute approximate surface area is 237 Å². The lowest BCUT2D eigenvalue weighted by molar-refractivity contribution is -0.120. The molecular formula is C28H28F2N6O6. The third-order valence-corrected chi connectivity index (χ3v) is 7.93. The van der Waals surface area contributed by atoms with Gasteiger partial charge in [0.1, 0.15) is 35.0 Å². The van der Waals surface area contributed by atoms with Crippen LogP contribution in [0.2, 0.25) is 0 Å². The van der Waals surface area contributed by atoms with Crippen LogP contribution < -0.4 is 26.3 Å². The van der Waals surface area contributed by atoms with Crippen LogP contribution >= 0.6 is 0 Å². The monoisotopic (exact) mass is 582 g/mol. The first-order valence-electron chi connectivity index (χ1n) is 13.6. The molecule has 3 aliphatic rings. The molecule has 1 unspecified atom stereocenters. The fourth-order valence-electron chi connectivity index (χ4n) is 5.47. The standard InChI is InChI=1S/C28H28F2N6O6/c1-13(37)23(31)22-12-36(28(41)42-22)16-4-5-21(19(29)8-16)32-14-6-7-34(10-14)26-20(30)9-17-24(38)18(27(39)40)11-35(15-2-3-15)25(17)33-26/h4-5,8-9,11,14-15,22-23,32H,2-3,6-7,10,12,31H2,1H3,(H,39,40)/t14-,22+,23?/m1/s1. The first kappa shape index (κ1) is 27.6. The molecule has 3 atom stereocenters. The number of ether oxygens (including phenoxy) is 1. The number of hydrogen-bond acceptors (Lipinski definition) is 9. The zero-order valence-corrected chi connectivity index (χ0v) is 22.5. The number of nitrogens with one attached hydrogen (secondary N) is 1. The summed E-state index contributed by atoms with van der Waals surface area (Å²) in [5, 5.41) is 12.5. The zero-order chi connectivity index (χ0) is 29.9. The number of benzene rings is 1. The minimum Gasteiger partial charge on any atom is -0.477 e. The molecule has 4 heterocycles. The number of anilines is 3. The second-order valence-electron chi connectivity index (χ2n) is 10.9. The van der Waals surface area contributed by atoms with Crippen molar-refractivity contribution in [2.75, 3.05) is 34.8 Å². The number of carbonyl (C=O) groups is 3. The molecule has 1 aromatic carbocycles. The largest absolute Gasteiger partial charge is 0.477 e. The molecule has 220 valence electrons. The number of aromatic carboxylic acids is 1. The van der Waals surface area contributed by atoms with Crippen molar-refractivity contribution in [1.29, 1.82) is 0 Å². The smallest absolute Gasteiger partial charge is 0.414 e. The molecule has 14 heteroatoms. The second kappa shape index (κ2) is 10.4. The van der Waals surface area contributed by atoms with E-state index in [0.29, 0.717) is 19.5 Å². The molecule has 12 nitrogen and oxygen atoms in total. The minimum absolute atomic E-state index is 0.00452. The number of carbonyl (C=O) groups excluding carboxylic acids is 2. The Bertz CT molecular complexity index is 1690. The summed E-state index contributed by atoms with van der Waals surface area (Å²) in [6, 6.07) is 4.02. The number of ketones is 1. The Morgan fingerprint density at radius 1 is 1.14 bits per heavy atom. The molecular weight excluding hydrogens is 554 g/mol. The Kier molecular flexibility index (Phi) is 6.80. The van der Waals surface area contributed by atoms with Crippen LogP contribution in [0.3, 0.4) is 0 Å². The summed E-state index contributed by atoms with van der Waals surface area (Å²) in [5.41, 5.74) is 5.26. The van der Waals surface area contributed by atoms with Crippen molar-refractivity contribution in [2.45, 2.75) is 50.4 Å². The third-order valence-electron chi connectivity index (χ3n) is 7.93. The molecule has 2 saturated heterocycles. The highest BCUT2D eigenvalue weighted by Crippen LogP contribution is 2.37. The maximum absolute atomic E-state index is 15.2. The summed E-state index contributed by atoms with van der Waals surface area (Å²) in [6.45, 7) is 2.02. The number of amides is 1. The zero-order valence-electron chi connectivity index (χ0n) is 22.5. The fourth-order valence-corrected chi connectivity index (χ4v) is 5.47. The predicted molar refractivity (Wildman–Crippen MR) is 148 cm³/mol. The topological polar surface area (TPSA) is 160 Å². The number of hydrogen-bond donors (Lipinski definition) is 3. The van der Waals surface area contributed by atoms with E-state index in [9.17, 15) is 24.3 Å². The molecule has 0 bridgehead atoms. The van der Waals surface area contributed by atoms with Crippen molar-refractivity contribution in [1.82, 2.24) is 9.55 Å². The van der Waals surface area contributed by atoms with Crippen molar-refractivity contribution >= 4 is 46.1 Å². The van der Waals surface area contributed by atoms with Gasteiger partial charge in [0.2, 0.25) is 5.43 Å². The lowest BCUT2D eigenvalue weighted by Crippen LogP contribution is -2.43. The van der Waals surface area contributed by atoms with Crippen LogP contribution in [0.25, 0.3) is 11.0 Å². The van der Waals surface area contributed by atoms with Crippen LogP contribution in [0.5, 0.6) is 0 Å². The molecule has 3 fully saturated rings. The number of Topliss-reactive ketones (excluding diaryl/α,β-unsaturated/α-hetero) is 1. The highest BCUT2D eigenvalue weighted by atomic mass is 19.1. The number of nitrogens with two attached hydrogens (primary N) is 1. The van der Waals surface area contributed by atoms with Crippen LogP contribution in [0, 0.1) is 11.6 Å². The molecule has 1 saturated carbocycles. The Morgan fingerprint density at radius 2 is 1.90 bits per heavy atom. The van der Waals surface area contributed by atoms with Crippen molar-refractivity contribution < 1.29 is 33.0 Å². The third kappa shape index (κ3) is 4.91. The molecule has 0 radical (unpaired) electrons. The van der Waals surface area contributed by atoms with Gasteiger partial charge < -0.3 is 30.4 Å². The van der Waals surface area contributed by atoms with Crippen molar-refractivity contribution in [3.05, 3.63) is 57.9 Å². The van der Waals surface area contributed by atoms with Crippen molar-refractivity contribution in [3.63, 3.8) is 0 Å². The van der Waals surface area contributed by atoms with Gasteiger partial charge in [-0.2, -0.15) is 0 Å². The molecule has 2 aromatic heterocycles. The summed E-state index contributed by atoms with van der Waals surface area (Å²) in [5.74, 6) is -3.03. The van der Waals surface area contributed by atoms with E-state index >= 15 is 8.78 Å². The van der Waals surface area contributed by atoms with Crippen LogP contribution in [0.4, 0.5) is 30.8 Å².